The highest BCUT2D eigenvalue weighted by atomic mass is 16.5. The average Bonchev–Trinajstić information content (AvgIpc) is 3.12. The van der Waals surface area contributed by atoms with E-state index in [1.807, 2.05) is 19.9 Å². The van der Waals surface area contributed by atoms with Gasteiger partial charge in [-0.3, -0.25) is 4.79 Å². The third kappa shape index (κ3) is 4.86. The fourth-order valence-electron chi connectivity index (χ4n) is 4.65. The van der Waals surface area contributed by atoms with Gasteiger partial charge in [0.2, 0.25) is 11.8 Å². The smallest absolute Gasteiger partial charge is 0.232 e. The fraction of sp³-hybridized carbons (Fsp3) is 0.714. The Morgan fingerprint density at radius 2 is 2.07 bits per heavy atom. The molecule has 4 rings (SSSR count). The molecule has 1 N–H and O–H groups in total. The first-order valence-electron chi connectivity index (χ1n) is 11.0. The van der Waals surface area contributed by atoms with Crippen molar-refractivity contribution in [1.82, 2.24) is 30.0 Å². The van der Waals surface area contributed by atoms with Gasteiger partial charge in [0, 0.05) is 31.5 Å². The lowest BCUT2D eigenvalue weighted by Crippen LogP contribution is -2.51. The van der Waals surface area contributed by atoms with E-state index < -0.39 is 0 Å². The van der Waals surface area contributed by atoms with Crippen molar-refractivity contribution in [2.24, 2.45) is 5.92 Å². The van der Waals surface area contributed by atoms with Crippen LogP contribution in [0.5, 0.6) is 5.88 Å². The zero-order valence-electron chi connectivity index (χ0n) is 17.5. The van der Waals surface area contributed by atoms with Gasteiger partial charge in [0.05, 0.1) is 6.10 Å². The van der Waals surface area contributed by atoms with Crippen LogP contribution < -0.4 is 10.1 Å². The van der Waals surface area contributed by atoms with E-state index in [2.05, 4.69) is 25.5 Å². The van der Waals surface area contributed by atoms with Gasteiger partial charge >= 0.3 is 0 Å². The van der Waals surface area contributed by atoms with E-state index in [0.29, 0.717) is 42.2 Å². The minimum absolute atomic E-state index is 0.0468. The van der Waals surface area contributed by atoms with Gasteiger partial charge in [-0.1, -0.05) is 6.42 Å². The van der Waals surface area contributed by atoms with Crippen molar-refractivity contribution in [3.8, 4) is 5.88 Å². The second-order valence-corrected chi connectivity index (χ2v) is 8.53. The van der Waals surface area contributed by atoms with Gasteiger partial charge in [-0.25, -0.2) is 0 Å². The van der Waals surface area contributed by atoms with Crippen LogP contribution in [0.3, 0.4) is 0 Å². The third-order valence-corrected chi connectivity index (χ3v) is 6.03. The van der Waals surface area contributed by atoms with Crippen molar-refractivity contribution in [2.75, 3.05) is 19.6 Å². The van der Waals surface area contributed by atoms with Crippen molar-refractivity contribution in [2.45, 2.75) is 70.9 Å². The van der Waals surface area contributed by atoms with Gasteiger partial charge in [0.1, 0.15) is 0 Å². The second kappa shape index (κ2) is 9.07. The van der Waals surface area contributed by atoms with E-state index in [0.717, 1.165) is 6.54 Å². The Balaban J connectivity index is 1.30. The van der Waals surface area contributed by atoms with Crippen molar-refractivity contribution >= 4 is 11.6 Å². The molecule has 2 fully saturated rings. The average molecular weight is 401 g/mol. The molecule has 2 aromatic heterocycles. The van der Waals surface area contributed by atoms with Gasteiger partial charge in [-0.15, -0.1) is 15.3 Å². The molecule has 2 atom stereocenters. The monoisotopic (exact) mass is 400 g/mol. The highest BCUT2D eigenvalue weighted by Crippen LogP contribution is 2.30. The van der Waals surface area contributed by atoms with E-state index in [1.54, 1.807) is 10.6 Å². The highest BCUT2D eigenvalue weighted by molar-refractivity contribution is 5.76. The summed E-state index contributed by atoms with van der Waals surface area (Å²) in [5, 5.41) is 16.0. The molecule has 0 bridgehead atoms. The molecule has 2 saturated heterocycles. The van der Waals surface area contributed by atoms with Crippen LogP contribution in [0.4, 0.5) is 0 Å². The van der Waals surface area contributed by atoms with Crippen LogP contribution in [0.15, 0.2) is 12.1 Å². The number of carbonyl (C=O) groups is 1. The van der Waals surface area contributed by atoms with Crippen molar-refractivity contribution in [1.29, 1.82) is 0 Å². The lowest BCUT2D eigenvalue weighted by atomic mass is 9.83. The first kappa shape index (κ1) is 20.1. The number of hydrogen-bond acceptors (Lipinski definition) is 6. The molecule has 0 aromatic carbocycles. The quantitative estimate of drug-likeness (QED) is 0.767. The van der Waals surface area contributed by atoms with Crippen LogP contribution in [0, 0.1) is 5.92 Å². The van der Waals surface area contributed by atoms with Crippen LogP contribution in [-0.4, -0.2) is 62.4 Å². The number of ether oxygens (including phenoxy) is 1. The van der Waals surface area contributed by atoms with Crippen LogP contribution >= 0.6 is 0 Å². The molecular formula is C21H32N6O2. The largest absolute Gasteiger partial charge is 0.474 e. The molecule has 158 valence electrons. The summed E-state index contributed by atoms with van der Waals surface area (Å²) in [6, 6.07) is 4.28. The standard InChI is InChI=1S/C21H32N6O2/c1-15(2)29-21-11-9-19-24-23-18(27(19)25-21)8-10-20(28)22-14-16-6-5-13-26-12-4-3-7-17(16)26/h9,11,15-17H,3-8,10,12-14H2,1-2H3,(H,22,28). The van der Waals surface area contributed by atoms with Gasteiger partial charge in [0.25, 0.3) is 0 Å². The Morgan fingerprint density at radius 3 is 2.93 bits per heavy atom. The van der Waals surface area contributed by atoms with E-state index in [4.69, 9.17) is 4.74 Å². The van der Waals surface area contributed by atoms with Gasteiger partial charge in [0.15, 0.2) is 11.5 Å². The minimum atomic E-state index is 0.0468. The Morgan fingerprint density at radius 1 is 1.21 bits per heavy atom. The molecule has 4 heterocycles. The number of aromatic nitrogens is 4. The van der Waals surface area contributed by atoms with Gasteiger partial charge in [-0.05, 0) is 64.6 Å². The molecule has 2 aliphatic rings. The number of amides is 1. The number of carbonyl (C=O) groups excluding carboxylic acids is 1. The molecule has 2 unspecified atom stereocenters. The Bertz CT molecular complexity index is 834. The predicted molar refractivity (Wildman–Crippen MR) is 110 cm³/mol. The molecule has 0 radical (unpaired) electrons. The molecule has 2 aliphatic heterocycles. The SMILES string of the molecule is CC(C)Oc1ccc2nnc(CCC(=O)NCC3CCCN4CCCCC34)n2n1. The van der Waals surface area contributed by atoms with Crippen molar-refractivity contribution in [3.63, 3.8) is 0 Å². The lowest BCUT2D eigenvalue weighted by Gasteiger charge is -2.44. The maximum absolute atomic E-state index is 12.5. The van der Waals surface area contributed by atoms with Crippen molar-refractivity contribution < 1.29 is 9.53 Å². The fourth-order valence-corrected chi connectivity index (χ4v) is 4.65. The Hall–Kier alpha value is -2.22. The number of fused-ring (bicyclic) bond motifs is 2. The second-order valence-electron chi connectivity index (χ2n) is 8.53. The van der Waals surface area contributed by atoms with E-state index >= 15 is 0 Å². The molecule has 0 aliphatic carbocycles. The zero-order chi connectivity index (χ0) is 20.2. The normalized spacial score (nSPS) is 22.6. The number of nitrogens with one attached hydrogen (secondary N) is 1. The van der Waals surface area contributed by atoms with E-state index in [9.17, 15) is 4.79 Å². The molecular weight excluding hydrogens is 368 g/mol. The zero-order valence-corrected chi connectivity index (χ0v) is 17.5. The molecule has 8 nitrogen and oxygen atoms in total. The lowest BCUT2D eigenvalue weighted by molar-refractivity contribution is -0.121. The van der Waals surface area contributed by atoms with E-state index in [-0.39, 0.29) is 12.0 Å². The van der Waals surface area contributed by atoms with E-state index in [1.165, 1.54) is 45.2 Å². The number of hydrogen-bond donors (Lipinski definition) is 1. The van der Waals surface area contributed by atoms with Gasteiger partial charge < -0.3 is 15.0 Å². The summed E-state index contributed by atoms with van der Waals surface area (Å²) in [6.45, 7) is 7.16. The number of nitrogens with zero attached hydrogens (tertiary/aromatic N) is 5. The Kier molecular flexibility index (Phi) is 6.28. The highest BCUT2D eigenvalue weighted by Gasteiger charge is 2.32. The summed E-state index contributed by atoms with van der Waals surface area (Å²) in [5.41, 5.74) is 0.663. The molecule has 0 spiro atoms. The molecule has 1 amide bonds. The molecule has 8 heteroatoms. The van der Waals surface area contributed by atoms with Crippen LogP contribution in [-0.2, 0) is 11.2 Å². The summed E-state index contributed by atoms with van der Waals surface area (Å²) < 4.78 is 7.32. The first-order chi connectivity index (χ1) is 14.1. The summed E-state index contributed by atoms with van der Waals surface area (Å²) in [4.78, 5) is 15.1. The number of aryl methyl sites for hydroxylation is 1. The number of rotatable bonds is 7. The van der Waals surface area contributed by atoms with Crippen molar-refractivity contribution in [3.05, 3.63) is 18.0 Å². The van der Waals surface area contributed by atoms with Crippen LogP contribution in [0.2, 0.25) is 0 Å². The molecule has 29 heavy (non-hydrogen) atoms. The topological polar surface area (TPSA) is 84.6 Å². The predicted octanol–water partition coefficient (Wildman–Crippen LogP) is 2.22. The molecule has 2 aromatic rings. The minimum Gasteiger partial charge on any atom is -0.474 e. The summed E-state index contributed by atoms with van der Waals surface area (Å²) in [5.74, 6) is 1.87. The van der Waals surface area contributed by atoms with Crippen LogP contribution in [0.25, 0.3) is 5.65 Å². The third-order valence-electron chi connectivity index (χ3n) is 6.03. The maximum atomic E-state index is 12.5. The first-order valence-corrected chi connectivity index (χ1v) is 11.0. The maximum Gasteiger partial charge on any atom is 0.232 e. The molecule has 0 saturated carbocycles. The summed E-state index contributed by atoms with van der Waals surface area (Å²) in [6.07, 6.45) is 7.32. The van der Waals surface area contributed by atoms with Crippen LogP contribution in [0.1, 0.15) is 58.2 Å². The summed E-state index contributed by atoms with van der Waals surface area (Å²) >= 11 is 0. The van der Waals surface area contributed by atoms with Gasteiger partial charge in [-0.2, -0.15) is 4.52 Å². The summed E-state index contributed by atoms with van der Waals surface area (Å²) in [7, 11) is 0. The Labute approximate surface area is 172 Å². The number of piperidine rings is 2.